The second-order valence-corrected chi connectivity index (χ2v) is 6.17. The van der Waals surface area contributed by atoms with Crippen LogP contribution in [0.4, 0.5) is 0 Å². The lowest BCUT2D eigenvalue weighted by Gasteiger charge is -2.13. The molecule has 114 valence electrons. The van der Waals surface area contributed by atoms with Gasteiger partial charge >= 0.3 is 0 Å². The van der Waals surface area contributed by atoms with Crippen molar-refractivity contribution in [1.29, 1.82) is 5.26 Å². The number of rotatable bonds is 1. The van der Waals surface area contributed by atoms with Gasteiger partial charge in [0.05, 0.1) is 17.1 Å². The minimum absolute atomic E-state index is 0.719. The summed E-state index contributed by atoms with van der Waals surface area (Å²) < 4.78 is 2.46. The fraction of sp³-hybridized carbons (Fsp3) is 0.250. The molecular formula is C20H19N3. The first-order valence-electron chi connectivity index (χ1n) is 8.11. The topological polar surface area (TPSA) is 40.8 Å². The molecule has 2 heterocycles. The second-order valence-electron chi connectivity index (χ2n) is 6.17. The first-order valence-corrected chi connectivity index (χ1v) is 8.11. The average molecular weight is 301 g/mol. The van der Waals surface area contributed by atoms with Crippen molar-refractivity contribution >= 4 is 10.9 Å². The second kappa shape index (κ2) is 5.57. The Balaban J connectivity index is 1.97. The maximum atomic E-state index is 9.09. The molecule has 4 rings (SSSR count). The van der Waals surface area contributed by atoms with E-state index < -0.39 is 0 Å². The normalized spacial score (nSPS) is 14.3. The Labute approximate surface area is 136 Å². The van der Waals surface area contributed by atoms with Gasteiger partial charge in [-0.1, -0.05) is 24.3 Å². The van der Waals surface area contributed by atoms with Crippen LogP contribution in [-0.4, -0.2) is 17.7 Å². The molecule has 0 saturated carbocycles. The van der Waals surface area contributed by atoms with Crippen molar-refractivity contribution < 1.29 is 0 Å². The molecule has 0 fully saturated rings. The Bertz CT molecular complexity index is 928. The maximum absolute atomic E-state index is 9.09. The lowest BCUT2D eigenvalue weighted by Crippen LogP contribution is -2.17. The van der Waals surface area contributed by atoms with Crippen LogP contribution in [0.25, 0.3) is 22.0 Å². The molecule has 3 heteroatoms. The number of para-hydroxylation sites is 1. The van der Waals surface area contributed by atoms with Crippen molar-refractivity contribution in [3.05, 3.63) is 59.3 Å². The van der Waals surface area contributed by atoms with Crippen molar-refractivity contribution in [2.24, 2.45) is 0 Å². The largest absolute Gasteiger partial charge is 0.343 e. The van der Waals surface area contributed by atoms with Crippen LogP contribution in [0.5, 0.6) is 0 Å². The Morgan fingerprint density at radius 3 is 2.83 bits per heavy atom. The molecule has 1 aliphatic rings. The zero-order valence-corrected chi connectivity index (χ0v) is 13.3. The summed E-state index contributed by atoms with van der Waals surface area (Å²) in [4.78, 5) is 0. The van der Waals surface area contributed by atoms with Gasteiger partial charge in [0, 0.05) is 42.7 Å². The molecule has 1 aliphatic heterocycles. The minimum Gasteiger partial charge on any atom is -0.343 e. The lowest BCUT2D eigenvalue weighted by atomic mass is 9.97. The van der Waals surface area contributed by atoms with Crippen LogP contribution in [0.1, 0.15) is 16.8 Å². The van der Waals surface area contributed by atoms with Crippen molar-refractivity contribution in [3.63, 3.8) is 0 Å². The van der Waals surface area contributed by atoms with Crippen LogP contribution in [0.2, 0.25) is 0 Å². The zero-order valence-electron chi connectivity index (χ0n) is 13.3. The van der Waals surface area contributed by atoms with Crippen LogP contribution in [0.3, 0.4) is 0 Å². The van der Waals surface area contributed by atoms with Crippen LogP contribution in [-0.2, 0) is 13.0 Å². The summed E-state index contributed by atoms with van der Waals surface area (Å²) in [6, 6.07) is 17.0. The molecule has 3 nitrogen and oxygen atoms in total. The molecule has 0 radical (unpaired) electrons. The molecule has 0 amide bonds. The van der Waals surface area contributed by atoms with E-state index in [0.717, 1.165) is 37.2 Å². The highest BCUT2D eigenvalue weighted by Crippen LogP contribution is 2.33. The van der Waals surface area contributed by atoms with E-state index >= 15 is 0 Å². The smallest absolute Gasteiger partial charge is 0.0991 e. The number of fused-ring (bicyclic) bond motifs is 3. The van der Waals surface area contributed by atoms with E-state index in [1.54, 1.807) is 0 Å². The van der Waals surface area contributed by atoms with Gasteiger partial charge in [0.25, 0.3) is 0 Å². The van der Waals surface area contributed by atoms with E-state index in [4.69, 9.17) is 5.26 Å². The van der Waals surface area contributed by atoms with Gasteiger partial charge in [-0.05, 0) is 36.2 Å². The summed E-state index contributed by atoms with van der Waals surface area (Å²) in [5.74, 6) is 0. The summed E-state index contributed by atoms with van der Waals surface area (Å²) in [5.41, 5.74) is 7.07. The van der Waals surface area contributed by atoms with E-state index in [2.05, 4.69) is 53.2 Å². The first kappa shape index (κ1) is 14.0. The molecule has 23 heavy (non-hydrogen) atoms. The molecule has 1 aromatic heterocycles. The molecular weight excluding hydrogens is 282 g/mol. The molecule has 2 aromatic carbocycles. The molecule has 0 spiro atoms. The summed E-state index contributed by atoms with van der Waals surface area (Å²) in [7, 11) is 0. The van der Waals surface area contributed by atoms with Gasteiger partial charge in [-0.15, -0.1) is 0 Å². The molecule has 0 saturated heterocycles. The van der Waals surface area contributed by atoms with Crippen molar-refractivity contribution in [3.8, 4) is 17.2 Å². The van der Waals surface area contributed by atoms with Crippen LogP contribution < -0.4 is 5.32 Å². The third kappa shape index (κ3) is 2.32. The van der Waals surface area contributed by atoms with Gasteiger partial charge in [-0.25, -0.2) is 0 Å². The van der Waals surface area contributed by atoms with Gasteiger partial charge in [-0.3, -0.25) is 0 Å². The maximum Gasteiger partial charge on any atom is 0.0991 e. The number of hydrogen-bond donors (Lipinski definition) is 1. The van der Waals surface area contributed by atoms with E-state index in [0.29, 0.717) is 0 Å². The van der Waals surface area contributed by atoms with Crippen molar-refractivity contribution in [2.45, 2.75) is 19.9 Å². The lowest BCUT2D eigenvalue weighted by molar-refractivity contribution is 0.658. The monoisotopic (exact) mass is 301 g/mol. The van der Waals surface area contributed by atoms with Gasteiger partial charge in [0.15, 0.2) is 0 Å². The third-order valence-electron chi connectivity index (χ3n) is 4.72. The zero-order chi connectivity index (χ0) is 15.8. The number of nitrogens with zero attached hydrogens (tertiary/aromatic N) is 2. The summed E-state index contributed by atoms with van der Waals surface area (Å²) in [5, 5.41) is 13.9. The fourth-order valence-corrected chi connectivity index (χ4v) is 3.63. The van der Waals surface area contributed by atoms with E-state index in [1.165, 1.54) is 27.7 Å². The highest BCUT2D eigenvalue weighted by molar-refractivity contribution is 5.96. The predicted octanol–water partition coefficient (Wildman–Crippen LogP) is 3.63. The number of hydrogen-bond acceptors (Lipinski definition) is 2. The fourth-order valence-electron chi connectivity index (χ4n) is 3.63. The Morgan fingerprint density at radius 1 is 1.09 bits per heavy atom. The Hall–Kier alpha value is -2.57. The van der Waals surface area contributed by atoms with E-state index in [-0.39, 0.29) is 0 Å². The van der Waals surface area contributed by atoms with Crippen molar-refractivity contribution in [1.82, 2.24) is 9.88 Å². The number of aryl methyl sites for hydroxylation is 1. The molecule has 0 aliphatic carbocycles. The third-order valence-corrected chi connectivity index (χ3v) is 4.72. The highest BCUT2D eigenvalue weighted by atomic mass is 15.0. The van der Waals surface area contributed by atoms with Crippen LogP contribution >= 0.6 is 0 Å². The minimum atomic E-state index is 0.719. The van der Waals surface area contributed by atoms with Gasteiger partial charge in [0.1, 0.15) is 0 Å². The van der Waals surface area contributed by atoms with Gasteiger partial charge in [-0.2, -0.15) is 5.26 Å². The molecule has 0 bridgehead atoms. The van der Waals surface area contributed by atoms with Gasteiger partial charge < -0.3 is 9.88 Å². The van der Waals surface area contributed by atoms with Gasteiger partial charge in [0.2, 0.25) is 0 Å². The molecule has 0 atom stereocenters. The number of nitrogens with one attached hydrogen (secondary N) is 1. The first-order chi connectivity index (χ1) is 11.3. The van der Waals surface area contributed by atoms with E-state index in [1.807, 2.05) is 12.1 Å². The van der Waals surface area contributed by atoms with Crippen molar-refractivity contribution in [2.75, 3.05) is 13.1 Å². The quantitative estimate of drug-likeness (QED) is 0.745. The number of aromatic nitrogens is 1. The molecule has 0 unspecified atom stereocenters. The van der Waals surface area contributed by atoms with Crippen LogP contribution in [0, 0.1) is 18.3 Å². The SMILES string of the molecule is Cc1cc(C#N)ccc1-c1cccc2cc3n(c12)CCNCC3. The standard InChI is InChI=1S/C20H19N3/c1-14-11-15(13-21)5-6-18(14)19-4-2-3-16-12-17-7-8-22-9-10-23(17)20(16)19/h2-6,11-12,22H,7-10H2,1H3. The van der Waals surface area contributed by atoms with Crippen LogP contribution in [0.15, 0.2) is 42.5 Å². The Morgan fingerprint density at radius 2 is 2.00 bits per heavy atom. The highest BCUT2D eigenvalue weighted by Gasteiger charge is 2.16. The number of benzene rings is 2. The Kier molecular flexibility index (Phi) is 3.40. The predicted molar refractivity (Wildman–Crippen MR) is 93.4 cm³/mol. The number of nitriles is 1. The molecule has 3 aromatic rings. The summed E-state index contributed by atoms with van der Waals surface area (Å²) >= 11 is 0. The average Bonchev–Trinajstić information content (AvgIpc) is 2.76. The summed E-state index contributed by atoms with van der Waals surface area (Å²) in [6.45, 7) is 5.15. The molecule has 1 N–H and O–H groups in total. The van der Waals surface area contributed by atoms with E-state index in [9.17, 15) is 0 Å². The summed E-state index contributed by atoms with van der Waals surface area (Å²) in [6.07, 6.45) is 1.07.